The quantitative estimate of drug-likeness (QED) is 0.587. The molecule has 5 nitrogen and oxygen atoms in total. The van der Waals surface area contributed by atoms with Crippen LogP contribution in [-0.2, 0) is 16.6 Å². The third-order valence-corrected chi connectivity index (χ3v) is 4.55. The summed E-state index contributed by atoms with van der Waals surface area (Å²) in [5.41, 5.74) is 0. The lowest BCUT2D eigenvalue weighted by Gasteiger charge is -2.07. The Labute approximate surface area is 114 Å². The van der Waals surface area contributed by atoms with Crippen LogP contribution in [0.25, 0.3) is 0 Å². The molecule has 0 aliphatic carbocycles. The second-order valence-corrected chi connectivity index (χ2v) is 6.36. The van der Waals surface area contributed by atoms with Crippen molar-refractivity contribution >= 4 is 21.6 Å². The topological polar surface area (TPSA) is 64.0 Å². The highest BCUT2D eigenvalue weighted by Gasteiger charge is 2.16. The van der Waals surface area contributed by atoms with E-state index in [0.717, 1.165) is 12.8 Å². The Morgan fingerprint density at radius 2 is 2.28 bits per heavy atom. The molecule has 1 unspecified atom stereocenters. The first-order valence-corrected chi connectivity index (χ1v) is 8.08. The maximum atomic E-state index is 11.9. The smallest absolute Gasteiger partial charge is 0.259 e. The van der Waals surface area contributed by atoms with Gasteiger partial charge in [0.15, 0.2) is 5.03 Å². The SMILES string of the molecule is CCn1cnc(S(=O)(=O)NCCCC(C)CCl)c1. The van der Waals surface area contributed by atoms with Crippen LogP contribution in [-0.4, -0.2) is 30.4 Å². The van der Waals surface area contributed by atoms with Gasteiger partial charge in [-0.25, -0.2) is 18.1 Å². The van der Waals surface area contributed by atoms with Crippen LogP contribution in [0.3, 0.4) is 0 Å². The van der Waals surface area contributed by atoms with Crippen molar-refractivity contribution in [2.45, 2.75) is 38.3 Å². The summed E-state index contributed by atoms with van der Waals surface area (Å²) in [7, 11) is -3.47. The van der Waals surface area contributed by atoms with Crippen LogP contribution in [0, 0.1) is 5.92 Å². The largest absolute Gasteiger partial charge is 0.336 e. The van der Waals surface area contributed by atoms with E-state index < -0.39 is 10.0 Å². The maximum Gasteiger partial charge on any atom is 0.259 e. The molecule has 0 saturated carbocycles. The van der Waals surface area contributed by atoms with Crippen molar-refractivity contribution in [3.05, 3.63) is 12.5 Å². The second-order valence-electron chi connectivity index (χ2n) is 4.34. The Bertz CT molecular complexity index is 459. The van der Waals surface area contributed by atoms with Gasteiger partial charge < -0.3 is 4.57 Å². The summed E-state index contributed by atoms with van der Waals surface area (Å²) in [6.45, 7) is 5.10. The van der Waals surface area contributed by atoms with E-state index in [2.05, 4.69) is 9.71 Å². The molecule has 0 spiro atoms. The van der Waals surface area contributed by atoms with Crippen molar-refractivity contribution in [1.82, 2.24) is 14.3 Å². The standard InChI is InChI=1S/C11H20ClN3O2S/c1-3-15-8-11(13-9-15)18(16,17)14-6-4-5-10(2)7-12/h8-10,14H,3-7H2,1-2H3. The predicted molar refractivity (Wildman–Crippen MR) is 72.2 cm³/mol. The molecule has 0 fully saturated rings. The summed E-state index contributed by atoms with van der Waals surface area (Å²) < 4.78 is 28.0. The van der Waals surface area contributed by atoms with E-state index in [1.807, 2.05) is 13.8 Å². The summed E-state index contributed by atoms with van der Waals surface area (Å²) >= 11 is 5.68. The van der Waals surface area contributed by atoms with Gasteiger partial charge in [-0.15, -0.1) is 11.6 Å². The van der Waals surface area contributed by atoms with Crippen molar-refractivity contribution < 1.29 is 8.42 Å². The lowest BCUT2D eigenvalue weighted by molar-refractivity contribution is 0.542. The first-order chi connectivity index (χ1) is 8.49. The van der Waals surface area contributed by atoms with E-state index in [9.17, 15) is 8.42 Å². The number of nitrogens with zero attached hydrogens (tertiary/aromatic N) is 2. The molecule has 0 amide bonds. The third kappa shape index (κ3) is 4.59. The number of rotatable bonds is 8. The number of nitrogens with one attached hydrogen (secondary N) is 1. The molecule has 1 aromatic rings. The van der Waals surface area contributed by atoms with Crippen molar-refractivity contribution in [1.29, 1.82) is 0 Å². The average Bonchev–Trinajstić information content (AvgIpc) is 2.83. The zero-order valence-corrected chi connectivity index (χ0v) is 12.3. The Kier molecular flexibility index (Phi) is 6.11. The fraction of sp³-hybridized carbons (Fsp3) is 0.727. The van der Waals surface area contributed by atoms with Crippen LogP contribution in [0.15, 0.2) is 17.6 Å². The number of aromatic nitrogens is 2. The normalized spacial score (nSPS) is 13.7. The first kappa shape index (κ1) is 15.5. The zero-order valence-electron chi connectivity index (χ0n) is 10.8. The molecule has 0 aromatic carbocycles. The summed E-state index contributed by atoms with van der Waals surface area (Å²) in [5.74, 6) is 1.02. The van der Waals surface area contributed by atoms with Crippen LogP contribution in [0.5, 0.6) is 0 Å². The van der Waals surface area contributed by atoms with Crippen LogP contribution >= 0.6 is 11.6 Å². The molecule has 7 heteroatoms. The molecule has 104 valence electrons. The van der Waals surface area contributed by atoms with Gasteiger partial charge in [0.25, 0.3) is 10.0 Å². The lowest BCUT2D eigenvalue weighted by Crippen LogP contribution is -2.25. The summed E-state index contributed by atoms with van der Waals surface area (Å²) in [6, 6.07) is 0. The molecular formula is C11H20ClN3O2S. The van der Waals surface area contributed by atoms with Crippen molar-refractivity contribution in [2.24, 2.45) is 5.92 Å². The third-order valence-electron chi connectivity index (χ3n) is 2.68. The van der Waals surface area contributed by atoms with Gasteiger partial charge in [-0.1, -0.05) is 6.92 Å². The molecule has 1 N–H and O–H groups in total. The zero-order chi connectivity index (χ0) is 13.6. The minimum absolute atomic E-state index is 0.0785. The molecule has 0 saturated heterocycles. The number of alkyl halides is 1. The number of aryl methyl sites for hydroxylation is 1. The maximum absolute atomic E-state index is 11.9. The van der Waals surface area contributed by atoms with Gasteiger partial charge >= 0.3 is 0 Å². The van der Waals surface area contributed by atoms with Gasteiger partial charge in [0.05, 0.1) is 6.33 Å². The van der Waals surface area contributed by atoms with Gasteiger partial charge in [-0.2, -0.15) is 0 Å². The highest BCUT2D eigenvalue weighted by molar-refractivity contribution is 7.89. The van der Waals surface area contributed by atoms with Crippen LogP contribution in [0.1, 0.15) is 26.7 Å². The van der Waals surface area contributed by atoms with Gasteiger partial charge in [0.1, 0.15) is 0 Å². The fourth-order valence-electron chi connectivity index (χ4n) is 1.46. The monoisotopic (exact) mass is 293 g/mol. The number of imidazole rings is 1. The van der Waals surface area contributed by atoms with Crippen molar-refractivity contribution in [3.8, 4) is 0 Å². The van der Waals surface area contributed by atoms with Gasteiger partial charge in [-0.3, -0.25) is 0 Å². The molecule has 0 aliphatic heterocycles. The lowest BCUT2D eigenvalue weighted by atomic mass is 10.1. The molecular weight excluding hydrogens is 274 g/mol. The molecule has 0 bridgehead atoms. The average molecular weight is 294 g/mol. The number of sulfonamides is 1. The Morgan fingerprint density at radius 1 is 1.56 bits per heavy atom. The minimum Gasteiger partial charge on any atom is -0.336 e. The number of halogens is 1. The van der Waals surface area contributed by atoms with Gasteiger partial charge in [0.2, 0.25) is 0 Å². The number of hydrogen-bond acceptors (Lipinski definition) is 3. The highest BCUT2D eigenvalue weighted by Crippen LogP contribution is 2.08. The van der Waals surface area contributed by atoms with E-state index in [1.165, 1.54) is 12.5 Å². The summed E-state index contributed by atoms with van der Waals surface area (Å²) in [4.78, 5) is 3.88. The van der Waals surface area contributed by atoms with E-state index in [1.54, 1.807) is 4.57 Å². The van der Waals surface area contributed by atoms with Crippen LogP contribution < -0.4 is 4.72 Å². The second kappa shape index (κ2) is 7.11. The summed E-state index contributed by atoms with van der Waals surface area (Å²) in [6.07, 6.45) is 4.74. The molecule has 0 aliphatic rings. The minimum atomic E-state index is -3.47. The Balaban J connectivity index is 2.45. The Hall–Kier alpha value is -0.590. The van der Waals surface area contributed by atoms with Gasteiger partial charge in [-0.05, 0) is 25.7 Å². The first-order valence-electron chi connectivity index (χ1n) is 6.07. The van der Waals surface area contributed by atoms with E-state index >= 15 is 0 Å². The van der Waals surface area contributed by atoms with Gasteiger partial charge in [0, 0.05) is 25.2 Å². The van der Waals surface area contributed by atoms with E-state index in [-0.39, 0.29) is 5.03 Å². The van der Waals surface area contributed by atoms with Crippen LogP contribution in [0.4, 0.5) is 0 Å². The highest BCUT2D eigenvalue weighted by atomic mass is 35.5. The molecule has 1 atom stereocenters. The van der Waals surface area contributed by atoms with Crippen molar-refractivity contribution in [2.75, 3.05) is 12.4 Å². The molecule has 1 heterocycles. The predicted octanol–water partition coefficient (Wildman–Crippen LogP) is 1.84. The summed E-state index contributed by atoms with van der Waals surface area (Å²) in [5, 5.41) is 0.0785. The van der Waals surface area contributed by atoms with Crippen molar-refractivity contribution in [3.63, 3.8) is 0 Å². The fourth-order valence-corrected chi connectivity index (χ4v) is 2.63. The molecule has 1 rings (SSSR count). The molecule has 18 heavy (non-hydrogen) atoms. The molecule has 0 radical (unpaired) electrons. The van der Waals surface area contributed by atoms with E-state index in [4.69, 9.17) is 11.6 Å². The van der Waals surface area contributed by atoms with Crippen LogP contribution in [0.2, 0.25) is 0 Å². The van der Waals surface area contributed by atoms with E-state index in [0.29, 0.717) is 24.9 Å². The molecule has 1 aromatic heterocycles. The number of hydrogen-bond donors (Lipinski definition) is 1. The Morgan fingerprint density at radius 3 is 2.83 bits per heavy atom.